The zero-order valence-electron chi connectivity index (χ0n) is 13.5. The third-order valence-electron chi connectivity index (χ3n) is 4.22. The molecule has 0 fully saturated rings. The van der Waals surface area contributed by atoms with Crippen molar-refractivity contribution < 1.29 is 0 Å². The third kappa shape index (κ3) is 5.04. The maximum atomic E-state index is 4.15. The van der Waals surface area contributed by atoms with Gasteiger partial charge in [-0.25, -0.2) is 4.98 Å². The van der Waals surface area contributed by atoms with Crippen LogP contribution in [0.5, 0.6) is 0 Å². The van der Waals surface area contributed by atoms with Crippen LogP contribution in [0.15, 0.2) is 43.0 Å². The predicted molar refractivity (Wildman–Crippen MR) is 89.8 cm³/mol. The summed E-state index contributed by atoms with van der Waals surface area (Å²) in [5.41, 5.74) is 2.70. The van der Waals surface area contributed by atoms with Crippen LogP contribution in [0.4, 0.5) is 0 Å². The fourth-order valence-corrected chi connectivity index (χ4v) is 2.90. The Kier molecular flexibility index (Phi) is 6.52. The number of para-hydroxylation sites is 1. The minimum absolute atomic E-state index is 0.858. The molecule has 0 aliphatic carbocycles. The van der Waals surface area contributed by atoms with Gasteiger partial charge in [0.05, 0.1) is 6.33 Å². The van der Waals surface area contributed by atoms with Gasteiger partial charge in [0.2, 0.25) is 0 Å². The van der Waals surface area contributed by atoms with Gasteiger partial charge in [-0.3, -0.25) is 0 Å². The highest BCUT2D eigenvalue weighted by Gasteiger charge is 2.06. The maximum Gasteiger partial charge on any atom is 0.0991 e. The Hall–Kier alpha value is -1.57. The van der Waals surface area contributed by atoms with Crippen LogP contribution in [0.25, 0.3) is 5.69 Å². The van der Waals surface area contributed by atoms with Crippen LogP contribution in [0.1, 0.15) is 57.9 Å². The van der Waals surface area contributed by atoms with Crippen LogP contribution in [0.3, 0.4) is 0 Å². The molecule has 1 heterocycles. The molecule has 2 aromatic rings. The van der Waals surface area contributed by atoms with Crippen molar-refractivity contribution in [1.29, 1.82) is 0 Å². The Balaban J connectivity index is 1.84. The minimum atomic E-state index is 0.858. The van der Waals surface area contributed by atoms with Gasteiger partial charge < -0.3 is 4.57 Å². The van der Waals surface area contributed by atoms with Crippen molar-refractivity contribution in [2.75, 3.05) is 0 Å². The lowest BCUT2D eigenvalue weighted by Gasteiger charge is -2.13. The van der Waals surface area contributed by atoms with Crippen molar-refractivity contribution in [3.8, 4) is 5.69 Å². The first-order valence-electron chi connectivity index (χ1n) is 8.37. The van der Waals surface area contributed by atoms with Crippen LogP contribution in [-0.4, -0.2) is 9.55 Å². The van der Waals surface area contributed by atoms with E-state index in [-0.39, 0.29) is 0 Å². The number of imidazole rings is 1. The molecule has 21 heavy (non-hydrogen) atoms. The molecule has 1 atom stereocenters. The van der Waals surface area contributed by atoms with Crippen LogP contribution in [0, 0.1) is 5.92 Å². The molecule has 2 heteroatoms. The molecule has 0 aliphatic heterocycles. The molecule has 114 valence electrons. The van der Waals surface area contributed by atoms with Crippen molar-refractivity contribution in [1.82, 2.24) is 9.55 Å². The van der Waals surface area contributed by atoms with Crippen molar-refractivity contribution in [3.05, 3.63) is 48.5 Å². The van der Waals surface area contributed by atoms with E-state index in [1.807, 2.05) is 18.7 Å². The zero-order chi connectivity index (χ0) is 14.9. The number of nitrogens with zero attached hydrogens (tertiary/aromatic N) is 2. The van der Waals surface area contributed by atoms with E-state index in [0.29, 0.717) is 0 Å². The number of unbranched alkanes of at least 4 members (excludes halogenated alkanes) is 2. The molecule has 1 aromatic heterocycles. The number of hydrogen-bond acceptors (Lipinski definition) is 1. The second-order valence-electron chi connectivity index (χ2n) is 6.09. The van der Waals surface area contributed by atoms with Gasteiger partial charge in [-0.2, -0.15) is 0 Å². The number of hydrogen-bond donors (Lipinski definition) is 0. The smallest absolute Gasteiger partial charge is 0.0991 e. The summed E-state index contributed by atoms with van der Waals surface area (Å²) >= 11 is 0. The molecule has 0 N–H and O–H groups in total. The van der Waals surface area contributed by atoms with Gasteiger partial charge in [0.1, 0.15) is 0 Å². The summed E-state index contributed by atoms with van der Waals surface area (Å²) in [4.78, 5) is 4.15. The fraction of sp³-hybridized carbons (Fsp3) is 0.526. The van der Waals surface area contributed by atoms with Crippen molar-refractivity contribution in [2.24, 2.45) is 5.92 Å². The lowest BCUT2D eigenvalue weighted by molar-refractivity contribution is 0.450. The van der Waals surface area contributed by atoms with Crippen LogP contribution >= 0.6 is 0 Å². The summed E-state index contributed by atoms with van der Waals surface area (Å²) in [6.07, 6.45) is 15.0. The van der Waals surface area contributed by atoms with Gasteiger partial charge in [-0.1, -0.05) is 64.2 Å². The van der Waals surface area contributed by atoms with Gasteiger partial charge in [-0.05, 0) is 30.4 Å². The summed E-state index contributed by atoms with van der Waals surface area (Å²) in [6.45, 7) is 4.68. The van der Waals surface area contributed by atoms with Crippen molar-refractivity contribution in [2.45, 2.75) is 58.8 Å². The van der Waals surface area contributed by atoms with E-state index >= 15 is 0 Å². The molecule has 0 saturated carbocycles. The summed E-state index contributed by atoms with van der Waals surface area (Å²) in [6, 6.07) is 8.67. The maximum absolute atomic E-state index is 4.15. The Morgan fingerprint density at radius 3 is 2.67 bits per heavy atom. The standard InChI is InChI=1S/C19H28N2/c1-3-4-5-9-17(2)10-8-12-18-11-6-7-13-19(18)21-15-14-20-16-21/h6-7,11,13-17H,3-5,8-10,12H2,1-2H3. The molecule has 0 radical (unpaired) electrons. The molecule has 2 rings (SSSR count). The number of benzene rings is 1. The van der Waals surface area contributed by atoms with Crippen molar-refractivity contribution in [3.63, 3.8) is 0 Å². The summed E-state index contributed by atoms with van der Waals surface area (Å²) < 4.78 is 2.11. The summed E-state index contributed by atoms with van der Waals surface area (Å²) in [5, 5.41) is 0. The lowest BCUT2D eigenvalue weighted by Crippen LogP contribution is -2.00. The lowest BCUT2D eigenvalue weighted by atomic mass is 9.95. The van der Waals surface area contributed by atoms with Gasteiger partial charge in [0.15, 0.2) is 0 Å². The van der Waals surface area contributed by atoms with E-state index in [1.165, 1.54) is 49.8 Å². The number of aromatic nitrogens is 2. The first-order chi connectivity index (χ1) is 10.3. The average Bonchev–Trinajstić information content (AvgIpc) is 3.02. The monoisotopic (exact) mass is 284 g/mol. The highest BCUT2D eigenvalue weighted by molar-refractivity contribution is 5.40. The molecule has 0 amide bonds. The van der Waals surface area contributed by atoms with E-state index in [2.05, 4.69) is 47.7 Å². The van der Waals surface area contributed by atoms with E-state index in [0.717, 1.165) is 12.3 Å². The van der Waals surface area contributed by atoms with Gasteiger partial charge in [0, 0.05) is 18.1 Å². The minimum Gasteiger partial charge on any atom is -0.306 e. The van der Waals surface area contributed by atoms with Crippen LogP contribution < -0.4 is 0 Å². The van der Waals surface area contributed by atoms with E-state index < -0.39 is 0 Å². The van der Waals surface area contributed by atoms with E-state index in [9.17, 15) is 0 Å². The fourth-order valence-electron chi connectivity index (χ4n) is 2.90. The Morgan fingerprint density at radius 2 is 1.90 bits per heavy atom. The summed E-state index contributed by atoms with van der Waals surface area (Å²) in [5.74, 6) is 0.858. The zero-order valence-corrected chi connectivity index (χ0v) is 13.5. The summed E-state index contributed by atoms with van der Waals surface area (Å²) in [7, 11) is 0. The molecule has 1 unspecified atom stereocenters. The molecule has 0 bridgehead atoms. The van der Waals surface area contributed by atoms with E-state index in [4.69, 9.17) is 0 Å². The van der Waals surface area contributed by atoms with Crippen LogP contribution in [-0.2, 0) is 6.42 Å². The molecule has 1 aromatic carbocycles. The van der Waals surface area contributed by atoms with Crippen molar-refractivity contribution >= 4 is 0 Å². The SMILES string of the molecule is CCCCCC(C)CCCc1ccccc1-n1ccnc1. The molecular weight excluding hydrogens is 256 g/mol. The highest BCUT2D eigenvalue weighted by Crippen LogP contribution is 2.20. The van der Waals surface area contributed by atoms with Crippen LogP contribution in [0.2, 0.25) is 0 Å². The molecular formula is C19H28N2. The second kappa shape index (κ2) is 8.66. The van der Waals surface area contributed by atoms with Gasteiger partial charge >= 0.3 is 0 Å². The largest absolute Gasteiger partial charge is 0.306 e. The second-order valence-corrected chi connectivity index (χ2v) is 6.09. The normalized spacial score (nSPS) is 12.5. The first-order valence-corrected chi connectivity index (χ1v) is 8.37. The predicted octanol–water partition coefficient (Wildman–Crippen LogP) is 5.41. The Morgan fingerprint density at radius 1 is 1.10 bits per heavy atom. The van der Waals surface area contributed by atoms with E-state index in [1.54, 1.807) is 0 Å². The molecule has 0 spiro atoms. The topological polar surface area (TPSA) is 17.8 Å². The number of rotatable bonds is 9. The number of aryl methyl sites for hydroxylation is 1. The van der Waals surface area contributed by atoms with Gasteiger partial charge in [0.25, 0.3) is 0 Å². The first kappa shape index (κ1) is 15.8. The average molecular weight is 284 g/mol. The molecule has 0 saturated heterocycles. The Bertz CT molecular complexity index is 502. The highest BCUT2D eigenvalue weighted by atomic mass is 15.0. The molecule has 2 nitrogen and oxygen atoms in total. The molecule has 0 aliphatic rings. The third-order valence-corrected chi connectivity index (χ3v) is 4.22. The van der Waals surface area contributed by atoms with Gasteiger partial charge in [-0.15, -0.1) is 0 Å². The Labute approximate surface area is 129 Å². The quantitative estimate of drug-likeness (QED) is 0.563.